The number of non-ortho nitro benzene ring substituents is 1. The number of nitro benzene ring substituents is 1. The van der Waals surface area contributed by atoms with Gasteiger partial charge in [0.1, 0.15) is 11.3 Å². The van der Waals surface area contributed by atoms with Crippen LogP contribution in [0.2, 0.25) is 0 Å². The molecule has 3 aromatic carbocycles. The van der Waals surface area contributed by atoms with Gasteiger partial charge < -0.3 is 19.9 Å². The number of phenolic OH excluding ortho intramolecular Hbond substituents is 1. The van der Waals surface area contributed by atoms with Gasteiger partial charge in [0.25, 0.3) is 5.69 Å². The number of nitrogens with one attached hydrogen (secondary N) is 1. The maximum Gasteiger partial charge on any atom is 0.339 e. The van der Waals surface area contributed by atoms with E-state index in [0.29, 0.717) is 5.39 Å². The molecule has 0 aliphatic rings. The summed E-state index contributed by atoms with van der Waals surface area (Å²) < 4.78 is 33.5. The number of aromatic hydroxyl groups is 1. The lowest BCUT2D eigenvalue weighted by Gasteiger charge is -2.30. The second kappa shape index (κ2) is 13.8. The van der Waals surface area contributed by atoms with Crippen LogP contribution >= 0.6 is 0 Å². The number of carbonyl (C=O) groups is 1. The summed E-state index contributed by atoms with van der Waals surface area (Å²) in [5.41, 5.74) is -0.0123. The number of amides is 1. The predicted molar refractivity (Wildman–Crippen MR) is 163 cm³/mol. The van der Waals surface area contributed by atoms with E-state index in [1.165, 1.54) is 18.2 Å². The summed E-state index contributed by atoms with van der Waals surface area (Å²) in [5, 5.41) is 35.4. The Hall–Kier alpha value is -4.59. The number of aliphatic hydroxyl groups is 1. The molecule has 4 rings (SSSR count). The van der Waals surface area contributed by atoms with E-state index in [-0.39, 0.29) is 59.3 Å². The molecule has 0 aliphatic carbocycles. The first kappa shape index (κ1) is 32.3. The average Bonchev–Trinajstić information content (AvgIpc) is 2.97. The number of aliphatic hydroxyl groups excluding tert-OH is 1. The van der Waals surface area contributed by atoms with Gasteiger partial charge in [-0.15, -0.1) is 0 Å². The van der Waals surface area contributed by atoms with Gasteiger partial charge in [-0.3, -0.25) is 14.9 Å². The molecule has 0 bridgehead atoms. The zero-order valence-corrected chi connectivity index (χ0v) is 24.9. The van der Waals surface area contributed by atoms with Crippen LogP contribution in [0.15, 0.2) is 93.0 Å². The quantitative estimate of drug-likeness (QED) is 0.114. The van der Waals surface area contributed by atoms with E-state index in [4.69, 9.17) is 4.42 Å². The van der Waals surface area contributed by atoms with Crippen LogP contribution in [-0.2, 0) is 27.7 Å². The summed E-state index contributed by atoms with van der Waals surface area (Å²) >= 11 is 0. The Labute approximate surface area is 253 Å². The summed E-state index contributed by atoms with van der Waals surface area (Å²) in [4.78, 5) is 36.0. The fourth-order valence-electron chi connectivity index (χ4n) is 4.75. The molecule has 4 aromatic rings. The van der Waals surface area contributed by atoms with Crippen molar-refractivity contribution in [2.24, 2.45) is 5.92 Å². The van der Waals surface area contributed by atoms with Crippen LogP contribution in [0.25, 0.3) is 11.0 Å². The summed E-state index contributed by atoms with van der Waals surface area (Å²) in [5.74, 6) is -0.804. The van der Waals surface area contributed by atoms with Gasteiger partial charge in [0.15, 0.2) is 0 Å². The molecular weight excluding hydrogens is 590 g/mol. The van der Waals surface area contributed by atoms with Crippen LogP contribution in [0.5, 0.6) is 5.75 Å². The second-order valence-electron chi connectivity index (χ2n) is 10.9. The molecule has 0 fully saturated rings. The average molecular weight is 624 g/mol. The van der Waals surface area contributed by atoms with Gasteiger partial charge in [-0.25, -0.2) is 13.2 Å². The van der Waals surface area contributed by atoms with Crippen molar-refractivity contribution in [3.8, 4) is 5.75 Å². The minimum absolute atomic E-state index is 0.0378. The molecule has 1 heterocycles. The maximum atomic E-state index is 13.6. The summed E-state index contributed by atoms with van der Waals surface area (Å²) in [6, 6.07) is 18.3. The Morgan fingerprint density at radius 1 is 1.02 bits per heavy atom. The Balaban J connectivity index is 1.58. The molecule has 0 saturated carbocycles. The highest BCUT2D eigenvalue weighted by Crippen LogP contribution is 2.22. The molecule has 3 N–H and O–H groups in total. The monoisotopic (exact) mass is 623 g/mol. The number of benzene rings is 3. The predicted octanol–water partition coefficient (Wildman–Crippen LogP) is 3.38. The van der Waals surface area contributed by atoms with Crippen molar-refractivity contribution in [3.05, 3.63) is 111 Å². The van der Waals surface area contributed by atoms with Crippen molar-refractivity contribution in [1.82, 2.24) is 9.62 Å². The normalized spacial score (nSPS) is 13.2. The number of hydrogen-bond donors (Lipinski definition) is 3. The summed E-state index contributed by atoms with van der Waals surface area (Å²) in [6.45, 7) is 3.28. The number of sulfonamides is 1. The molecule has 13 heteroatoms. The number of nitro groups is 1. The van der Waals surface area contributed by atoms with Gasteiger partial charge in [-0.2, -0.15) is 4.31 Å². The highest BCUT2D eigenvalue weighted by Gasteiger charge is 2.32. The van der Waals surface area contributed by atoms with E-state index in [1.54, 1.807) is 30.3 Å². The third kappa shape index (κ3) is 8.07. The van der Waals surface area contributed by atoms with Crippen molar-refractivity contribution in [3.63, 3.8) is 0 Å². The molecule has 0 spiro atoms. The Kier molecular flexibility index (Phi) is 10.1. The molecule has 44 heavy (non-hydrogen) atoms. The van der Waals surface area contributed by atoms with E-state index in [0.717, 1.165) is 34.1 Å². The van der Waals surface area contributed by atoms with Crippen LogP contribution in [0.1, 0.15) is 25.0 Å². The number of hydrogen-bond acceptors (Lipinski definition) is 9. The first-order valence-corrected chi connectivity index (χ1v) is 15.3. The fraction of sp³-hybridized carbons (Fsp3) is 0.290. The van der Waals surface area contributed by atoms with Gasteiger partial charge in [-0.05, 0) is 48.2 Å². The number of fused-ring (bicyclic) bond motifs is 1. The molecule has 0 unspecified atom stereocenters. The maximum absolute atomic E-state index is 13.6. The molecule has 1 amide bonds. The smallest absolute Gasteiger partial charge is 0.339 e. The number of nitrogens with zero attached hydrogens (tertiary/aromatic N) is 2. The van der Waals surface area contributed by atoms with Gasteiger partial charge in [-0.1, -0.05) is 44.2 Å². The van der Waals surface area contributed by atoms with Crippen molar-refractivity contribution >= 4 is 32.6 Å². The first-order valence-electron chi connectivity index (χ1n) is 13.8. The zero-order valence-electron chi connectivity index (χ0n) is 24.1. The standard InChI is InChI=1S/C31H33N3O9S/c1-20(2)18-33(44(41,42)26-12-9-24(10-13-26)34(39)40)19-28(36)27(14-21-6-4-3-5-7-21)32-30(37)16-23-15-22-8-11-25(35)17-29(22)43-31(23)38/h3-13,15,17,20,27-28,35-36H,14,16,18-19H2,1-2H3,(H,32,37)/t27-,28+/m0/s1. The lowest BCUT2D eigenvalue weighted by atomic mass is 10.00. The van der Waals surface area contributed by atoms with Crippen LogP contribution < -0.4 is 10.9 Å². The topological polar surface area (TPSA) is 180 Å². The SMILES string of the molecule is CC(C)CN(C[C@@H](O)[C@H](Cc1ccccc1)NC(=O)Cc1cc2ccc(O)cc2oc1=O)S(=O)(=O)c1ccc([N+](=O)[O-])cc1. The Morgan fingerprint density at radius 2 is 1.70 bits per heavy atom. The molecule has 0 radical (unpaired) electrons. The summed E-state index contributed by atoms with van der Waals surface area (Å²) in [7, 11) is -4.18. The molecule has 2 atom stereocenters. The van der Waals surface area contributed by atoms with E-state index in [2.05, 4.69) is 5.32 Å². The van der Waals surface area contributed by atoms with Gasteiger partial charge in [0.2, 0.25) is 15.9 Å². The van der Waals surface area contributed by atoms with E-state index < -0.39 is 38.6 Å². The molecule has 0 saturated heterocycles. The summed E-state index contributed by atoms with van der Waals surface area (Å²) in [6.07, 6.45) is -1.58. The second-order valence-corrected chi connectivity index (χ2v) is 12.8. The highest BCUT2D eigenvalue weighted by atomic mass is 32.2. The van der Waals surface area contributed by atoms with Crippen LogP contribution in [0, 0.1) is 16.0 Å². The molecule has 0 aliphatic heterocycles. The number of carbonyl (C=O) groups excluding carboxylic acids is 1. The first-order chi connectivity index (χ1) is 20.8. The largest absolute Gasteiger partial charge is 0.508 e. The lowest BCUT2D eigenvalue weighted by Crippen LogP contribution is -2.51. The number of phenols is 1. The van der Waals surface area contributed by atoms with Crippen LogP contribution in [-0.4, -0.2) is 59.0 Å². The Morgan fingerprint density at radius 3 is 2.34 bits per heavy atom. The zero-order chi connectivity index (χ0) is 32.0. The van der Waals surface area contributed by atoms with Crippen LogP contribution in [0.3, 0.4) is 0 Å². The minimum atomic E-state index is -4.18. The van der Waals surface area contributed by atoms with Gasteiger partial charge in [0, 0.05) is 42.2 Å². The Bertz CT molecular complexity index is 1790. The van der Waals surface area contributed by atoms with E-state index >= 15 is 0 Å². The van der Waals surface area contributed by atoms with E-state index in [1.807, 2.05) is 19.9 Å². The van der Waals surface area contributed by atoms with Gasteiger partial charge in [0.05, 0.1) is 28.4 Å². The number of rotatable bonds is 13. The molecule has 12 nitrogen and oxygen atoms in total. The van der Waals surface area contributed by atoms with E-state index in [9.17, 15) is 38.3 Å². The molecular formula is C31H33N3O9S. The minimum Gasteiger partial charge on any atom is -0.508 e. The lowest BCUT2D eigenvalue weighted by molar-refractivity contribution is -0.384. The molecule has 1 aromatic heterocycles. The van der Waals surface area contributed by atoms with Crippen molar-refractivity contribution in [1.29, 1.82) is 0 Å². The van der Waals surface area contributed by atoms with Crippen LogP contribution in [0.4, 0.5) is 5.69 Å². The fourth-order valence-corrected chi connectivity index (χ4v) is 6.37. The van der Waals surface area contributed by atoms with Crippen molar-refractivity contribution < 1.29 is 32.8 Å². The van der Waals surface area contributed by atoms with Crippen molar-refractivity contribution in [2.45, 2.75) is 43.7 Å². The third-order valence-electron chi connectivity index (χ3n) is 6.90. The molecule has 232 valence electrons. The van der Waals surface area contributed by atoms with Crippen molar-refractivity contribution in [2.75, 3.05) is 13.1 Å². The third-order valence-corrected chi connectivity index (χ3v) is 8.74. The highest BCUT2D eigenvalue weighted by molar-refractivity contribution is 7.89. The van der Waals surface area contributed by atoms with Gasteiger partial charge >= 0.3 is 5.63 Å².